The van der Waals surface area contributed by atoms with Crippen LogP contribution in [0.2, 0.25) is 0 Å². The molecule has 1 heterocycles. The molecule has 0 saturated carbocycles. The van der Waals surface area contributed by atoms with Gasteiger partial charge in [0.1, 0.15) is 0 Å². The SMILES string of the molecule is OC1CCc2cccc(Nc3nc(C(F)F)c(-c4ccc(C(F)(F)F)cc4)o3)c2C1. The molecule has 4 rings (SSSR count). The minimum Gasteiger partial charge on any atom is -0.423 e. The first kappa shape index (κ1) is 20.3. The predicted molar refractivity (Wildman–Crippen MR) is 99.7 cm³/mol. The summed E-state index contributed by atoms with van der Waals surface area (Å²) in [4.78, 5) is 3.81. The summed E-state index contributed by atoms with van der Waals surface area (Å²) < 4.78 is 70.7. The summed E-state index contributed by atoms with van der Waals surface area (Å²) in [7, 11) is 0. The Kier molecular flexibility index (Phi) is 5.23. The lowest BCUT2D eigenvalue weighted by molar-refractivity contribution is -0.137. The summed E-state index contributed by atoms with van der Waals surface area (Å²) in [6.45, 7) is 0. The third-order valence-electron chi connectivity index (χ3n) is 5.04. The quantitative estimate of drug-likeness (QED) is 0.513. The van der Waals surface area contributed by atoms with Gasteiger partial charge in [-0.25, -0.2) is 8.78 Å². The fourth-order valence-electron chi connectivity index (χ4n) is 3.55. The highest BCUT2D eigenvalue weighted by atomic mass is 19.4. The van der Waals surface area contributed by atoms with Crippen molar-refractivity contribution in [3.05, 3.63) is 64.8 Å². The summed E-state index contributed by atoms with van der Waals surface area (Å²) in [5.74, 6) is -0.300. The van der Waals surface area contributed by atoms with Crippen LogP contribution in [0.25, 0.3) is 11.3 Å². The highest BCUT2D eigenvalue weighted by Crippen LogP contribution is 2.37. The van der Waals surface area contributed by atoms with E-state index in [1.807, 2.05) is 6.07 Å². The van der Waals surface area contributed by atoms with Crippen molar-refractivity contribution in [3.63, 3.8) is 0 Å². The Morgan fingerprint density at radius 2 is 1.83 bits per heavy atom. The lowest BCUT2D eigenvalue weighted by Gasteiger charge is -2.23. The molecule has 30 heavy (non-hydrogen) atoms. The van der Waals surface area contributed by atoms with Crippen LogP contribution in [0.1, 0.15) is 35.2 Å². The Bertz CT molecular complexity index is 1040. The van der Waals surface area contributed by atoms with E-state index in [1.165, 1.54) is 0 Å². The molecule has 1 aliphatic rings. The van der Waals surface area contributed by atoms with Gasteiger partial charge in [0.15, 0.2) is 11.5 Å². The Morgan fingerprint density at radius 3 is 2.50 bits per heavy atom. The highest BCUT2D eigenvalue weighted by molar-refractivity contribution is 5.66. The van der Waals surface area contributed by atoms with E-state index >= 15 is 0 Å². The lowest BCUT2D eigenvalue weighted by Crippen LogP contribution is -2.19. The van der Waals surface area contributed by atoms with Crippen molar-refractivity contribution in [1.29, 1.82) is 0 Å². The summed E-state index contributed by atoms with van der Waals surface area (Å²) in [6, 6.07) is 8.99. The summed E-state index contributed by atoms with van der Waals surface area (Å²) in [5, 5.41) is 12.8. The second kappa shape index (κ2) is 7.71. The third kappa shape index (κ3) is 4.02. The topological polar surface area (TPSA) is 58.3 Å². The fraction of sp³-hybridized carbons (Fsp3) is 0.286. The molecule has 0 aliphatic heterocycles. The molecule has 0 fully saturated rings. The molecular weight excluding hydrogens is 407 g/mol. The summed E-state index contributed by atoms with van der Waals surface area (Å²) in [5.41, 5.74) is 0.967. The molecule has 2 N–H and O–H groups in total. The van der Waals surface area contributed by atoms with Crippen molar-refractivity contribution in [2.75, 3.05) is 5.32 Å². The van der Waals surface area contributed by atoms with E-state index in [4.69, 9.17) is 4.42 Å². The lowest BCUT2D eigenvalue weighted by atomic mass is 9.88. The molecule has 1 aromatic heterocycles. The van der Waals surface area contributed by atoms with Gasteiger partial charge in [-0.05, 0) is 42.2 Å². The largest absolute Gasteiger partial charge is 0.423 e. The van der Waals surface area contributed by atoms with E-state index in [0.29, 0.717) is 24.9 Å². The Balaban J connectivity index is 1.67. The molecule has 0 spiro atoms. The first-order chi connectivity index (χ1) is 14.2. The van der Waals surface area contributed by atoms with Gasteiger partial charge in [0.2, 0.25) is 0 Å². The van der Waals surface area contributed by atoms with Crippen LogP contribution >= 0.6 is 0 Å². The Hall–Kier alpha value is -2.94. The maximum atomic E-state index is 13.5. The van der Waals surface area contributed by atoms with E-state index < -0.39 is 30.0 Å². The number of hydrogen-bond donors (Lipinski definition) is 2. The van der Waals surface area contributed by atoms with Gasteiger partial charge < -0.3 is 14.8 Å². The van der Waals surface area contributed by atoms with Crippen LogP contribution in [-0.2, 0) is 19.0 Å². The van der Waals surface area contributed by atoms with E-state index in [1.54, 1.807) is 12.1 Å². The molecular formula is C21H17F5N2O2. The number of rotatable bonds is 4. The maximum Gasteiger partial charge on any atom is 0.416 e. The Labute approximate surface area is 168 Å². The maximum absolute atomic E-state index is 13.5. The highest BCUT2D eigenvalue weighted by Gasteiger charge is 2.31. The minimum absolute atomic E-state index is 0.0596. The number of anilines is 2. The van der Waals surface area contributed by atoms with Crippen LogP contribution in [-0.4, -0.2) is 16.2 Å². The number of aliphatic hydroxyl groups is 1. The van der Waals surface area contributed by atoms with Crippen LogP contribution in [0, 0.1) is 0 Å². The van der Waals surface area contributed by atoms with Crippen molar-refractivity contribution >= 4 is 11.7 Å². The number of hydrogen-bond acceptors (Lipinski definition) is 4. The Morgan fingerprint density at radius 1 is 1.10 bits per heavy atom. The van der Waals surface area contributed by atoms with Crippen LogP contribution in [0.3, 0.4) is 0 Å². The summed E-state index contributed by atoms with van der Waals surface area (Å²) >= 11 is 0. The van der Waals surface area contributed by atoms with Crippen molar-refractivity contribution in [2.24, 2.45) is 0 Å². The molecule has 0 amide bonds. The van der Waals surface area contributed by atoms with Crippen LogP contribution in [0.5, 0.6) is 0 Å². The average Bonchev–Trinajstić information content (AvgIpc) is 3.12. The first-order valence-corrected chi connectivity index (χ1v) is 9.24. The van der Waals surface area contributed by atoms with Gasteiger partial charge in [-0.2, -0.15) is 18.2 Å². The molecule has 1 unspecified atom stereocenters. The molecule has 9 heteroatoms. The van der Waals surface area contributed by atoms with Gasteiger partial charge in [-0.1, -0.05) is 24.3 Å². The van der Waals surface area contributed by atoms with Crippen LogP contribution in [0.4, 0.5) is 33.7 Å². The van der Waals surface area contributed by atoms with Crippen LogP contribution in [0.15, 0.2) is 46.9 Å². The van der Waals surface area contributed by atoms with Gasteiger partial charge in [0.05, 0.1) is 11.7 Å². The predicted octanol–water partition coefficient (Wildman–Crippen LogP) is 5.89. The molecule has 1 aliphatic carbocycles. The number of oxazole rings is 1. The zero-order chi connectivity index (χ0) is 21.5. The molecule has 0 bridgehead atoms. The molecule has 2 aromatic carbocycles. The molecule has 0 radical (unpaired) electrons. The zero-order valence-electron chi connectivity index (χ0n) is 15.5. The second-order valence-corrected chi connectivity index (χ2v) is 7.07. The standard InChI is InChI=1S/C21H17F5N2O2/c22-19(23)17-18(12-4-7-13(8-5-12)21(24,25)26)30-20(28-17)27-16-3-1-2-11-6-9-14(29)10-15(11)16/h1-5,7-8,14,19,29H,6,9-10H2,(H,27,28). The number of aliphatic hydroxyl groups excluding tert-OH is 1. The van der Waals surface area contributed by atoms with Crippen molar-refractivity contribution in [1.82, 2.24) is 4.98 Å². The monoisotopic (exact) mass is 424 g/mol. The molecule has 0 saturated heterocycles. The normalized spacial score (nSPS) is 16.6. The smallest absolute Gasteiger partial charge is 0.416 e. The third-order valence-corrected chi connectivity index (χ3v) is 5.04. The van der Waals surface area contributed by atoms with Crippen molar-refractivity contribution < 1.29 is 31.5 Å². The molecule has 4 nitrogen and oxygen atoms in total. The molecule has 158 valence electrons. The average molecular weight is 424 g/mol. The number of aromatic nitrogens is 1. The number of nitrogens with one attached hydrogen (secondary N) is 1. The van der Waals surface area contributed by atoms with Gasteiger partial charge in [-0.15, -0.1) is 0 Å². The summed E-state index contributed by atoms with van der Waals surface area (Å²) in [6.07, 6.45) is -6.26. The number of aryl methyl sites for hydroxylation is 1. The number of fused-ring (bicyclic) bond motifs is 1. The fourth-order valence-corrected chi connectivity index (χ4v) is 3.55. The number of halogens is 5. The number of alkyl halides is 5. The molecule has 3 aromatic rings. The van der Waals surface area contributed by atoms with E-state index in [-0.39, 0.29) is 17.3 Å². The number of benzene rings is 2. The van der Waals surface area contributed by atoms with Gasteiger partial charge in [0.25, 0.3) is 12.4 Å². The van der Waals surface area contributed by atoms with Crippen molar-refractivity contribution in [2.45, 2.75) is 38.0 Å². The van der Waals surface area contributed by atoms with Gasteiger partial charge in [-0.3, -0.25) is 0 Å². The number of nitrogens with zero attached hydrogens (tertiary/aromatic N) is 1. The van der Waals surface area contributed by atoms with Crippen molar-refractivity contribution in [3.8, 4) is 11.3 Å². The zero-order valence-corrected chi connectivity index (χ0v) is 15.5. The van der Waals surface area contributed by atoms with E-state index in [2.05, 4.69) is 10.3 Å². The van der Waals surface area contributed by atoms with Crippen LogP contribution < -0.4 is 5.32 Å². The van der Waals surface area contributed by atoms with E-state index in [0.717, 1.165) is 35.4 Å². The first-order valence-electron chi connectivity index (χ1n) is 9.24. The van der Waals surface area contributed by atoms with Gasteiger partial charge >= 0.3 is 6.18 Å². The second-order valence-electron chi connectivity index (χ2n) is 7.07. The molecule has 1 atom stereocenters. The minimum atomic E-state index is -4.53. The van der Waals surface area contributed by atoms with E-state index in [9.17, 15) is 27.1 Å². The van der Waals surface area contributed by atoms with Gasteiger partial charge in [0, 0.05) is 17.7 Å².